The zero-order valence-electron chi connectivity index (χ0n) is 16.2. The van der Waals surface area contributed by atoms with E-state index in [0.717, 1.165) is 54.0 Å². The van der Waals surface area contributed by atoms with Gasteiger partial charge < -0.3 is 9.47 Å². The van der Waals surface area contributed by atoms with Gasteiger partial charge >= 0.3 is 0 Å². The molecule has 1 aliphatic rings. The molecule has 1 heterocycles. The number of aryl methyl sites for hydroxylation is 1. The van der Waals surface area contributed by atoms with Gasteiger partial charge in [-0.25, -0.2) is 4.98 Å². The molecule has 0 fully saturated rings. The minimum atomic E-state index is 0.427. The van der Waals surface area contributed by atoms with Gasteiger partial charge in [-0.05, 0) is 51.3 Å². The molecule has 0 bridgehead atoms. The zero-order chi connectivity index (χ0) is 19.2. The van der Waals surface area contributed by atoms with Crippen molar-refractivity contribution in [2.75, 3.05) is 18.9 Å². The molecule has 142 valence electrons. The van der Waals surface area contributed by atoms with Gasteiger partial charge in [-0.15, -0.1) is 0 Å². The number of aromatic amines is 1. The highest BCUT2D eigenvalue weighted by Crippen LogP contribution is 2.40. The molecule has 27 heavy (non-hydrogen) atoms. The maximum Gasteiger partial charge on any atom is 0.289 e. The van der Waals surface area contributed by atoms with E-state index in [0.29, 0.717) is 24.6 Å². The van der Waals surface area contributed by atoms with Gasteiger partial charge in [0, 0.05) is 23.1 Å². The van der Waals surface area contributed by atoms with E-state index in [4.69, 9.17) is 15.2 Å². The van der Waals surface area contributed by atoms with Crippen LogP contribution in [0.5, 0.6) is 11.5 Å². The van der Waals surface area contributed by atoms with Crippen molar-refractivity contribution >= 4 is 5.82 Å². The number of benzene rings is 1. The number of nitrogens with one attached hydrogen (secondary N) is 1. The summed E-state index contributed by atoms with van der Waals surface area (Å²) in [5.74, 6) is 1.95. The third-order valence-electron chi connectivity index (χ3n) is 5.02. The van der Waals surface area contributed by atoms with Crippen molar-refractivity contribution in [2.45, 2.75) is 52.4 Å². The van der Waals surface area contributed by atoms with Crippen LogP contribution < -0.4 is 20.2 Å². The summed E-state index contributed by atoms with van der Waals surface area (Å²) in [6.07, 6.45) is 6.56. The van der Waals surface area contributed by atoms with Crippen LogP contribution in [0.4, 0.5) is 5.82 Å². The van der Waals surface area contributed by atoms with E-state index in [1.807, 2.05) is 32.0 Å². The van der Waals surface area contributed by atoms with Gasteiger partial charge in [0.05, 0.1) is 13.2 Å². The summed E-state index contributed by atoms with van der Waals surface area (Å²) < 4.78 is 11.6. The highest BCUT2D eigenvalue weighted by Gasteiger charge is 2.26. The lowest BCUT2D eigenvalue weighted by Crippen LogP contribution is -2.23. The Hall–Kier alpha value is -2.74. The lowest BCUT2D eigenvalue weighted by Gasteiger charge is -2.20. The van der Waals surface area contributed by atoms with E-state index >= 15 is 0 Å². The van der Waals surface area contributed by atoms with Gasteiger partial charge in [-0.3, -0.25) is 5.73 Å². The number of rotatable bonds is 5. The van der Waals surface area contributed by atoms with Crippen molar-refractivity contribution in [2.24, 2.45) is 0 Å². The molecule has 5 heteroatoms. The molecular weight excluding hydrogens is 338 g/mol. The fraction of sp³-hybridized carbons (Fsp3) is 0.455. The Labute approximate surface area is 161 Å². The molecule has 1 aromatic carbocycles. The molecule has 0 aliphatic heterocycles. The number of aromatic nitrogens is 1. The summed E-state index contributed by atoms with van der Waals surface area (Å²) in [5, 5.41) is 9.86. The van der Waals surface area contributed by atoms with Gasteiger partial charge in [-0.1, -0.05) is 12.8 Å². The van der Waals surface area contributed by atoms with Gasteiger partial charge in [0.1, 0.15) is 28.8 Å². The molecule has 2 aromatic rings. The molecule has 0 spiro atoms. The minimum absolute atomic E-state index is 0.427. The molecule has 0 unspecified atom stereocenters. The molecule has 0 saturated heterocycles. The van der Waals surface area contributed by atoms with Gasteiger partial charge in [0.2, 0.25) is 0 Å². The number of pyridine rings is 1. The topological polar surface area (TPSA) is 82.4 Å². The Bertz CT molecular complexity index is 856. The number of nitrogens with two attached hydrogens (primary N) is 1. The standard InChI is InChI=1S/C22H27N3O2/c1-3-26-15-11-12-20(27-4-2)17(13-15)21-16-9-7-5-6-8-10-19(16)25-22(24)18(21)14-23/h11-13H,3-10H2,1-2H3,(H2,24,25)/p+1. The lowest BCUT2D eigenvalue weighted by atomic mass is 9.87. The predicted molar refractivity (Wildman–Crippen MR) is 106 cm³/mol. The zero-order valence-corrected chi connectivity index (χ0v) is 16.2. The Morgan fingerprint density at radius 2 is 1.81 bits per heavy atom. The largest absolute Gasteiger partial charge is 0.494 e. The van der Waals surface area contributed by atoms with Crippen molar-refractivity contribution in [1.82, 2.24) is 0 Å². The van der Waals surface area contributed by atoms with E-state index < -0.39 is 0 Å². The molecule has 0 amide bonds. The molecule has 0 radical (unpaired) electrons. The van der Waals surface area contributed by atoms with Gasteiger partial charge in [0.15, 0.2) is 0 Å². The van der Waals surface area contributed by atoms with E-state index in [1.165, 1.54) is 18.4 Å². The fourth-order valence-electron chi connectivity index (χ4n) is 3.84. The smallest absolute Gasteiger partial charge is 0.289 e. The average molecular weight is 366 g/mol. The first-order valence-electron chi connectivity index (χ1n) is 9.86. The Morgan fingerprint density at radius 3 is 2.52 bits per heavy atom. The van der Waals surface area contributed by atoms with Crippen LogP contribution in [-0.2, 0) is 12.8 Å². The molecular formula is C22H28N3O2+. The quantitative estimate of drug-likeness (QED) is 0.864. The second-order valence-corrected chi connectivity index (χ2v) is 6.80. The Morgan fingerprint density at radius 1 is 1.07 bits per heavy atom. The first-order valence-corrected chi connectivity index (χ1v) is 9.86. The number of anilines is 1. The molecule has 0 atom stereocenters. The molecule has 1 aromatic heterocycles. The maximum absolute atomic E-state index is 9.86. The number of ether oxygens (including phenoxy) is 2. The monoisotopic (exact) mass is 366 g/mol. The number of nitrogen functional groups attached to an aromatic ring is 1. The molecule has 0 saturated carbocycles. The van der Waals surface area contributed by atoms with Crippen LogP contribution in [0.3, 0.4) is 0 Å². The fourth-order valence-corrected chi connectivity index (χ4v) is 3.84. The summed E-state index contributed by atoms with van der Waals surface area (Å²) >= 11 is 0. The molecule has 3 rings (SSSR count). The normalized spacial score (nSPS) is 13.8. The minimum Gasteiger partial charge on any atom is -0.494 e. The number of hydrogen-bond acceptors (Lipinski definition) is 4. The summed E-state index contributed by atoms with van der Waals surface area (Å²) in [4.78, 5) is 3.30. The van der Waals surface area contributed by atoms with Crippen molar-refractivity contribution in [1.29, 1.82) is 5.26 Å². The van der Waals surface area contributed by atoms with E-state index in [1.54, 1.807) is 0 Å². The van der Waals surface area contributed by atoms with Crippen molar-refractivity contribution in [3.8, 4) is 28.7 Å². The van der Waals surface area contributed by atoms with Crippen LogP contribution in [0.2, 0.25) is 0 Å². The van der Waals surface area contributed by atoms with Crippen LogP contribution >= 0.6 is 0 Å². The van der Waals surface area contributed by atoms with E-state index in [9.17, 15) is 5.26 Å². The third-order valence-corrected chi connectivity index (χ3v) is 5.02. The first-order chi connectivity index (χ1) is 13.2. The lowest BCUT2D eigenvalue weighted by molar-refractivity contribution is -0.374. The second-order valence-electron chi connectivity index (χ2n) is 6.80. The van der Waals surface area contributed by atoms with Crippen molar-refractivity contribution in [3.05, 3.63) is 35.0 Å². The average Bonchev–Trinajstić information content (AvgIpc) is 2.64. The van der Waals surface area contributed by atoms with Crippen LogP contribution in [0.15, 0.2) is 18.2 Å². The Balaban J connectivity index is 2.28. The molecule has 3 N–H and O–H groups in total. The van der Waals surface area contributed by atoms with Crippen LogP contribution in [0, 0.1) is 11.3 Å². The number of fused-ring (bicyclic) bond motifs is 1. The van der Waals surface area contributed by atoms with Crippen LogP contribution in [-0.4, -0.2) is 13.2 Å². The van der Waals surface area contributed by atoms with Crippen molar-refractivity contribution in [3.63, 3.8) is 0 Å². The molecule has 5 nitrogen and oxygen atoms in total. The van der Waals surface area contributed by atoms with Gasteiger partial charge in [-0.2, -0.15) is 5.26 Å². The highest BCUT2D eigenvalue weighted by molar-refractivity contribution is 5.82. The highest BCUT2D eigenvalue weighted by atomic mass is 16.5. The van der Waals surface area contributed by atoms with Crippen LogP contribution in [0.25, 0.3) is 11.1 Å². The predicted octanol–water partition coefficient (Wildman–Crippen LogP) is 4.08. The summed E-state index contributed by atoms with van der Waals surface area (Å²) in [6, 6.07) is 8.12. The summed E-state index contributed by atoms with van der Waals surface area (Å²) in [7, 11) is 0. The molecule has 1 aliphatic carbocycles. The maximum atomic E-state index is 9.86. The van der Waals surface area contributed by atoms with Gasteiger partial charge in [0.25, 0.3) is 5.82 Å². The number of nitriles is 1. The summed E-state index contributed by atoms with van der Waals surface area (Å²) in [5.41, 5.74) is 10.9. The first kappa shape index (κ1) is 19.0. The van der Waals surface area contributed by atoms with Crippen molar-refractivity contribution < 1.29 is 14.5 Å². The number of hydrogen-bond donors (Lipinski definition) is 1. The van der Waals surface area contributed by atoms with Crippen LogP contribution in [0.1, 0.15) is 56.4 Å². The Kier molecular flexibility index (Phi) is 6.18. The summed E-state index contributed by atoms with van der Waals surface area (Å²) in [6.45, 7) is 5.06. The second kappa shape index (κ2) is 8.77. The third kappa shape index (κ3) is 4.00. The number of H-pyrrole nitrogens is 1. The van der Waals surface area contributed by atoms with E-state index in [2.05, 4.69) is 11.1 Å². The number of nitrogens with zero attached hydrogens (tertiary/aromatic N) is 1. The SMILES string of the molecule is CCOc1ccc(OCC)c(-c2c(C#N)c(N)[nH+]c3c2CCCCCC3)c1. The van der Waals surface area contributed by atoms with E-state index in [-0.39, 0.29) is 0 Å².